The van der Waals surface area contributed by atoms with E-state index < -0.39 is 0 Å². The molecule has 2 aromatic rings. The lowest BCUT2D eigenvalue weighted by Gasteiger charge is -2.20. The largest absolute Gasteiger partial charge is 0.494 e. The van der Waals surface area contributed by atoms with Crippen LogP contribution in [-0.2, 0) is 6.42 Å². The molecule has 0 saturated heterocycles. The molecule has 1 aromatic heterocycles. The van der Waals surface area contributed by atoms with Crippen molar-refractivity contribution in [3.63, 3.8) is 0 Å². The standard InChI is InChI=1S/C20H30N2O/c1-5-8-13-22(12-6-2)14-11-18-16(4)21-20-10-9-17(23-7-3)15-19(18)20/h6,9-10,15,21H,2,5,7-8,11-14H2,1,3-4H3. The molecule has 23 heavy (non-hydrogen) atoms. The van der Waals surface area contributed by atoms with Crippen LogP contribution in [0.4, 0.5) is 0 Å². The number of H-pyrrole nitrogens is 1. The molecule has 3 heteroatoms. The molecule has 0 unspecified atom stereocenters. The van der Waals surface area contributed by atoms with Gasteiger partial charge in [0.05, 0.1) is 6.61 Å². The minimum Gasteiger partial charge on any atom is -0.494 e. The molecule has 0 aliphatic carbocycles. The minimum atomic E-state index is 0.703. The fourth-order valence-electron chi connectivity index (χ4n) is 3.07. The molecule has 0 amide bonds. The molecule has 2 rings (SSSR count). The zero-order valence-corrected chi connectivity index (χ0v) is 14.8. The summed E-state index contributed by atoms with van der Waals surface area (Å²) < 4.78 is 5.66. The maximum atomic E-state index is 5.66. The van der Waals surface area contributed by atoms with Crippen LogP contribution < -0.4 is 4.74 Å². The van der Waals surface area contributed by atoms with Gasteiger partial charge in [0, 0.05) is 29.7 Å². The predicted molar refractivity (Wildman–Crippen MR) is 99.5 cm³/mol. The summed E-state index contributed by atoms with van der Waals surface area (Å²) in [5, 5.41) is 1.29. The number of aryl methyl sites for hydroxylation is 1. The summed E-state index contributed by atoms with van der Waals surface area (Å²) in [7, 11) is 0. The Morgan fingerprint density at radius 3 is 2.78 bits per heavy atom. The zero-order valence-electron chi connectivity index (χ0n) is 14.8. The molecule has 0 atom stereocenters. The molecule has 0 aliphatic rings. The highest BCUT2D eigenvalue weighted by Crippen LogP contribution is 2.27. The van der Waals surface area contributed by atoms with Crippen LogP contribution in [0.3, 0.4) is 0 Å². The normalized spacial score (nSPS) is 11.3. The molecule has 126 valence electrons. The highest BCUT2D eigenvalue weighted by Gasteiger charge is 2.11. The second-order valence-electron chi connectivity index (χ2n) is 6.06. The highest BCUT2D eigenvalue weighted by atomic mass is 16.5. The third-order valence-electron chi connectivity index (χ3n) is 4.30. The average molecular weight is 314 g/mol. The number of aromatic amines is 1. The van der Waals surface area contributed by atoms with Gasteiger partial charge in [-0.15, -0.1) is 6.58 Å². The summed E-state index contributed by atoms with van der Waals surface area (Å²) in [6.07, 6.45) is 5.54. The van der Waals surface area contributed by atoms with Crippen LogP contribution in [0, 0.1) is 6.92 Å². The third-order valence-corrected chi connectivity index (χ3v) is 4.30. The molecule has 0 fully saturated rings. The predicted octanol–water partition coefficient (Wildman–Crippen LogP) is 4.71. The molecule has 0 radical (unpaired) electrons. The Morgan fingerprint density at radius 2 is 2.09 bits per heavy atom. The van der Waals surface area contributed by atoms with Crippen LogP contribution in [-0.4, -0.2) is 36.1 Å². The Hall–Kier alpha value is -1.74. The summed E-state index contributed by atoms with van der Waals surface area (Å²) in [6.45, 7) is 14.2. The molecular formula is C20H30N2O. The van der Waals surface area contributed by atoms with E-state index in [0.29, 0.717) is 6.61 Å². The fourth-order valence-corrected chi connectivity index (χ4v) is 3.07. The van der Waals surface area contributed by atoms with E-state index in [-0.39, 0.29) is 0 Å². The Labute approximate surface area is 140 Å². The van der Waals surface area contributed by atoms with Gasteiger partial charge in [-0.05, 0) is 57.0 Å². The second-order valence-corrected chi connectivity index (χ2v) is 6.06. The summed E-state index contributed by atoms with van der Waals surface area (Å²) in [4.78, 5) is 5.99. The van der Waals surface area contributed by atoms with Gasteiger partial charge in [0.25, 0.3) is 0 Å². The number of nitrogens with one attached hydrogen (secondary N) is 1. The van der Waals surface area contributed by atoms with Crippen molar-refractivity contribution in [3.05, 3.63) is 42.1 Å². The van der Waals surface area contributed by atoms with Gasteiger partial charge in [-0.25, -0.2) is 0 Å². The molecule has 0 bridgehead atoms. The molecule has 1 heterocycles. The van der Waals surface area contributed by atoms with Crippen LogP contribution in [0.15, 0.2) is 30.9 Å². The number of aromatic nitrogens is 1. The maximum Gasteiger partial charge on any atom is 0.120 e. The number of benzene rings is 1. The van der Waals surface area contributed by atoms with Crippen molar-refractivity contribution in [2.45, 2.75) is 40.0 Å². The molecule has 0 aliphatic heterocycles. The molecule has 0 saturated carbocycles. The highest BCUT2D eigenvalue weighted by molar-refractivity contribution is 5.86. The van der Waals surface area contributed by atoms with Gasteiger partial charge in [0.15, 0.2) is 0 Å². The van der Waals surface area contributed by atoms with Crippen molar-refractivity contribution < 1.29 is 4.74 Å². The number of ether oxygens (including phenoxy) is 1. The first-order valence-electron chi connectivity index (χ1n) is 8.76. The smallest absolute Gasteiger partial charge is 0.120 e. The van der Waals surface area contributed by atoms with E-state index in [9.17, 15) is 0 Å². The van der Waals surface area contributed by atoms with E-state index in [1.54, 1.807) is 0 Å². The number of hydrogen-bond acceptors (Lipinski definition) is 2. The summed E-state index contributed by atoms with van der Waals surface area (Å²) in [6, 6.07) is 6.33. The number of hydrogen-bond donors (Lipinski definition) is 1. The number of nitrogens with zero attached hydrogens (tertiary/aromatic N) is 1. The van der Waals surface area contributed by atoms with Crippen molar-refractivity contribution >= 4 is 10.9 Å². The number of rotatable bonds is 10. The molecule has 1 aromatic carbocycles. The zero-order chi connectivity index (χ0) is 16.7. The van der Waals surface area contributed by atoms with Crippen LogP contribution in [0.2, 0.25) is 0 Å². The van der Waals surface area contributed by atoms with E-state index in [2.05, 4.69) is 42.4 Å². The summed E-state index contributed by atoms with van der Waals surface area (Å²) in [5.74, 6) is 0.953. The van der Waals surface area contributed by atoms with Crippen LogP contribution in [0.5, 0.6) is 5.75 Å². The first kappa shape index (κ1) is 17.6. The number of unbranched alkanes of at least 4 members (excludes halogenated alkanes) is 1. The number of fused-ring (bicyclic) bond motifs is 1. The van der Waals surface area contributed by atoms with E-state index >= 15 is 0 Å². The Morgan fingerprint density at radius 1 is 1.26 bits per heavy atom. The lowest BCUT2D eigenvalue weighted by Crippen LogP contribution is -2.27. The monoisotopic (exact) mass is 314 g/mol. The van der Waals surface area contributed by atoms with Crippen LogP contribution in [0.1, 0.15) is 37.9 Å². The Balaban J connectivity index is 2.15. The SMILES string of the molecule is C=CCN(CCCC)CCc1c(C)[nH]c2ccc(OCC)cc12. The average Bonchev–Trinajstić information content (AvgIpc) is 2.85. The van der Waals surface area contributed by atoms with Gasteiger partial charge >= 0.3 is 0 Å². The van der Waals surface area contributed by atoms with Crippen molar-refractivity contribution in [2.75, 3.05) is 26.2 Å². The first-order valence-corrected chi connectivity index (χ1v) is 8.76. The van der Waals surface area contributed by atoms with Gasteiger partial charge in [0.1, 0.15) is 5.75 Å². The van der Waals surface area contributed by atoms with E-state index in [1.165, 1.54) is 35.0 Å². The fraction of sp³-hybridized carbons (Fsp3) is 0.500. The van der Waals surface area contributed by atoms with E-state index in [0.717, 1.165) is 31.8 Å². The summed E-state index contributed by atoms with van der Waals surface area (Å²) >= 11 is 0. The van der Waals surface area contributed by atoms with E-state index in [4.69, 9.17) is 4.74 Å². The Bertz CT molecular complexity index is 630. The van der Waals surface area contributed by atoms with Gasteiger partial charge in [0.2, 0.25) is 0 Å². The molecule has 1 N–H and O–H groups in total. The second kappa shape index (κ2) is 8.78. The third kappa shape index (κ3) is 4.61. The van der Waals surface area contributed by atoms with Crippen molar-refractivity contribution in [1.29, 1.82) is 0 Å². The topological polar surface area (TPSA) is 28.3 Å². The van der Waals surface area contributed by atoms with E-state index in [1.807, 2.05) is 19.1 Å². The molecular weight excluding hydrogens is 284 g/mol. The van der Waals surface area contributed by atoms with Crippen LogP contribution in [0.25, 0.3) is 10.9 Å². The van der Waals surface area contributed by atoms with Gasteiger partial charge < -0.3 is 9.72 Å². The Kier molecular flexibility index (Phi) is 6.72. The first-order chi connectivity index (χ1) is 11.2. The molecule has 0 spiro atoms. The lowest BCUT2D eigenvalue weighted by atomic mass is 10.1. The van der Waals surface area contributed by atoms with Gasteiger partial charge in [-0.2, -0.15) is 0 Å². The lowest BCUT2D eigenvalue weighted by molar-refractivity contribution is 0.301. The molecule has 3 nitrogen and oxygen atoms in total. The van der Waals surface area contributed by atoms with Crippen molar-refractivity contribution in [3.8, 4) is 5.75 Å². The maximum absolute atomic E-state index is 5.66. The van der Waals surface area contributed by atoms with Gasteiger partial charge in [-0.1, -0.05) is 19.4 Å². The summed E-state index contributed by atoms with van der Waals surface area (Å²) in [5.41, 5.74) is 3.87. The van der Waals surface area contributed by atoms with Crippen LogP contribution >= 0.6 is 0 Å². The quantitative estimate of drug-likeness (QED) is 0.644. The van der Waals surface area contributed by atoms with Crippen molar-refractivity contribution in [1.82, 2.24) is 9.88 Å². The van der Waals surface area contributed by atoms with Gasteiger partial charge in [-0.3, -0.25) is 4.90 Å². The van der Waals surface area contributed by atoms with Crippen molar-refractivity contribution in [2.24, 2.45) is 0 Å². The minimum absolute atomic E-state index is 0.703.